The lowest BCUT2D eigenvalue weighted by atomic mass is 10.1. The van der Waals surface area contributed by atoms with Gasteiger partial charge in [0.1, 0.15) is 0 Å². The van der Waals surface area contributed by atoms with Crippen LogP contribution in [-0.2, 0) is 6.18 Å². The predicted octanol–water partition coefficient (Wildman–Crippen LogP) is 1.89. The minimum atomic E-state index is -4.37. The first-order valence-electron chi connectivity index (χ1n) is 5.82. The maximum absolute atomic E-state index is 12.3. The third kappa shape index (κ3) is 3.77. The summed E-state index contributed by atoms with van der Waals surface area (Å²) in [4.78, 5) is 3.63. The maximum Gasteiger partial charge on any atom is 0.417 e. The van der Waals surface area contributed by atoms with Crippen LogP contribution in [0.3, 0.4) is 0 Å². The van der Waals surface area contributed by atoms with Crippen LogP contribution in [0, 0.1) is 5.92 Å². The van der Waals surface area contributed by atoms with E-state index in [4.69, 9.17) is 10.5 Å². The number of alkyl halides is 3. The third-order valence-corrected chi connectivity index (χ3v) is 2.79. The molecule has 19 heavy (non-hydrogen) atoms. The summed E-state index contributed by atoms with van der Waals surface area (Å²) in [6.07, 6.45) is -0.965. The SMILES string of the molecule is NC1=C[C@H](CCOc2ccc(C(F)(F)F)cn2)CN1. The molecule has 1 aliphatic heterocycles. The van der Waals surface area contributed by atoms with E-state index in [1.165, 1.54) is 6.07 Å². The molecule has 7 heteroatoms. The van der Waals surface area contributed by atoms with Crippen molar-refractivity contribution in [2.45, 2.75) is 12.6 Å². The van der Waals surface area contributed by atoms with Crippen LogP contribution in [0.5, 0.6) is 5.88 Å². The Labute approximate surface area is 108 Å². The summed E-state index contributed by atoms with van der Waals surface area (Å²) in [6.45, 7) is 1.14. The van der Waals surface area contributed by atoms with E-state index >= 15 is 0 Å². The lowest BCUT2D eigenvalue weighted by Crippen LogP contribution is -2.17. The highest BCUT2D eigenvalue weighted by molar-refractivity contribution is 5.20. The molecule has 104 valence electrons. The zero-order valence-electron chi connectivity index (χ0n) is 10.1. The first-order valence-corrected chi connectivity index (χ1v) is 5.82. The average molecular weight is 273 g/mol. The van der Waals surface area contributed by atoms with Gasteiger partial charge in [-0.3, -0.25) is 0 Å². The number of hydrogen-bond donors (Lipinski definition) is 2. The van der Waals surface area contributed by atoms with Gasteiger partial charge in [0, 0.05) is 24.7 Å². The van der Waals surface area contributed by atoms with Gasteiger partial charge in [0.05, 0.1) is 18.0 Å². The first-order chi connectivity index (χ1) is 8.95. The Hall–Kier alpha value is -1.92. The molecule has 1 aliphatic rings. The van der Waals surface area contributed by atoms with Crippen molar-refractivity contribution >= 4 is 0 Å². The molecule has 0 aromatic carbocycles. The molecule has 0 spiro atoms. The fourth-order valence-corrected chi connectivity index (χ4v) is 1.75. The fourth-order valence-electron chi connectivity index (χ4n) is 1.75. The molecule has 0 fully saturated rings. The summed E-state index contributed by atoms with van der Waals surface area (Å²) in [5.41, 5.74) is 4.77. The van der Waals surface area contributed by atoms with E-state index in [1.807, 2.05) is 6.08 Å². The fraction of sp³-hybridized carbons (Fsp3) is 0.417. The van der Waals surface area contributed by atoms with Gasteiger partial charge in [-0.1, -0.05) is 0 Å². The van der Waals surface area contributed by atoms with Crippen LogP contribution in [0.4, 0.5) is 13.2 Å². The molecule has 0 radical (unpaired) electrons. The molecule has 4 nitrogen and oxygen atoms in total. The summed E-state index contributed by atoms with van der Waals surface area (Å²) >= 11 is 0. The lowest BCUT2D eigenvalue weighted by molar-refractivity contribution is -0.137. The van der Waals surface area contributed by atoms with E-state index in [1.54, 1.807) is 0 Å². The number of aromatic nitrogens is 1. The van der Waals surface area contributed by atoms with Gasteiger partial charge < -0.3 is 15.8 Å². The highest BCUT2D eigenvalue weighted by atomic mass is 19.4. The smallest absolute Gasteiger partial charge is 0.417 e. The largest absolute Gasteiger partial charge is 0.478 e. The van der Waals surface area contributed by atoms with E-state index in [9.17, 15) is 13.2 Å². The topological polar surface area (TPSA) is 60.2 Å². The molecule has 1 aromatic heterocycles. The van der Waals surface area contributed by atoms with Crippen molar-refractivity contribution in [3.63, 3.8) is 0 Å². The van der Waals surface area contributed by atoms with Crippen molar-refractivity contribution in [3.8, 4) is 5.88 Å². The molecule has 0 unspecified atom stereocenters. The van der Waals surface area contributed by atoms with Crippen molar-refractivity contribution in [2.75, 3.05) is 13.2 Å². The number of hydrogen-bond acceptors (Lipinski definition) is 4. The van der Waals surface area contributed by atoms with Crippen LogP contribution < -0.4 is 15.8 Å². The second-order valence-electron chi connectivity index (χ2n) is 4.28. The van der Waals surface area contributed by atoms with Gasteiger partial charge in [0.25, 0.3) is 0 Å². The van der Waals surface area contributed by atoms with Crippen LogP contribution in [0.1, 0.15) is 12.0 Å². The van der Waals surface area contributed by atoms with Gasteiger partial charge in [-0.25, -0.2) is 4.98 Å². The Kier molecular flexibility index (Phi) is 3.82. The molecule has 0 saturated carbocycles. The minimum Gasteiger partial charge on any atom is -0.478 e. The third-order valence-electron chi connectivity index (χ3n) is 2.79. The minimum absolute atomic E-state index is 0.191. The summed E-state index contributed by atoms with van der Waals surface area (Å²) in [7, 11) is 0. The summed E-state index contributed by atoms with van der Waals surface area (Å²) in [5, 5.41) is 2.99. The van der Waals surface area contributed by atoms with Crippen molar-refractivity contribution in [1.82, 2.24) is 10.3 Å². The molecule has 0 bridgehead atoms. The maximum atomic E-state index is 12.3. The van der Waals surface area contributed by atoms with Gasteiger partial charge in [0.15, 0.2) is 0 Å². The number of rotatable bonds is 4. The molecule has 0 amide bonds. The number of nitrogens with zero attached hydrogens (tertiary/aromatic N) is 1. The average Bonchev–Trinajstić information content (AvgIpc) is 2.75. The molecule has 2 heterocycles. The molecule has 1 atom stereocenters. The van der Waals surface area contributed by atoms with Gasteiger partial charge >= 0.3 is 6.18 Å². The number of ether oxygens (including phenoxy) is 1. The van der Waals surface area contributed by atoms with Crippen LogP contribution in [0.25, 0.3) is 0 Å². The van der Waals surface area contributed by atoms with E-state index in [0.717, 1.165) is 25.2 Å². The molecular formula is C12H14F3N3O. The normalized spacial score (nSPS) is 18.9. The van der Waals surface area contributed by atoms with Crippen LogP contribution in [0.15, 0.2) is 30.2 Å². The Balaban J connectivity index is 1.80. The quantitative estimate of drug-likeness (QED) is 0.879. The summed E-state index contributed by atoms with van der Waals surface area (Å²) < 4.78 is 42.2. The van der Waals surface area contributed by atoms with E-state index < -0.39 is 11.7 Å². The van der Waals surface area contributed by atoms with Crippen molar-refractivity contribution in [2.24, 2.45) is 11.7 Å². The summed E-state index contributed by atoms with van der Waals surface area (Å²) in [6, 6.07) is 2.18. The predicted molar refractivity (Wildman–Crippen MR) is 63.1 cm³/mol. The number of halogens is 3. The number of nitrogens with two attached hydrogens (primary N) is 1. The van der Waals surface area contributed by atoms with Crippen LogP contribution >= 0.6 is 0 Å². The van der Waals surface area contributed by atoms with Crippen LogP contribution in [0.2, 0.25) is 0 Å². The Bertz CT molecular complexity index is 456. The molecule has 0 aliphatic carbocycles. The van der Waals surface area contributed by atoms with Gasteiger partial charge in [-0.15, -0.1) is 0 Å². The van der Waals surface area contributed by atoms with Gasteiger partial charge in [0.2, 0.25) is 5.88 Å². The number of pyridine rings is 1. The van der Waals surface area contributed by atoms with Crippen molar-refractivity contribution in [3.05, 3.63) is 35.8 Å². The van der Waals surface area contributed by atoms with Crippen LogP contribution in [-0.4, -0.2) is 18.1 Å². The van der Waals surface area contributed by atoms with Crippen molar-refractivity contribution in [1.29, 1.82) is 0 Å². The van der Waals surface area contributed by atoms with E-state index in [-0.39, 0.29) is 11.8 Å². The summed E-state index contributed by atoms with van der Waals surface area (Å²) in [5.74, 6) is 1.13. The van der Waals surface area contributed by atoms with Gasteiger partial charge in [-0.05, 0) is 18.6 Å². The lowest BCUT2D eigenvalue weighted by Gasteiger charge is -2.09. The molecule has 0 saturated heterocycles. The standard InChI is InChI=1S/C12H14F3N3O/c13-12(14,15)9-1-2-11(18-7-9)19-4-3-8-5-10(16)17-6-8/h1-2,5,7-8,17H,3-4,6,16H2/t8-/m0/s1. The molecule has 3 N–H and O–H groups in total. The Morgan fingerprint density at radius 1 is 1.42 bits per heavy atom. The Morgan fingerprint density at radius 3 is 2.74 bits per heavy atom. The van der Waals surface area contributed by atoms with Gasteiger partial charge in [-0.2, -0.15) is 13.2 Å². The highest BCUT2D eigenvalue weighted by Gasteiger charge is 2.30. The molecule has 1 aromatic rings. The monoisotopic (exact) mass is 273 g/mol. The highest BCUT2D eigenvalue weighted by Crippen LogP contribution is 2.29. The van der Waals surface area contributed by atoms with E-state index in [0.29, 0.717) is 12.4 Å². The second kappa shape index (κ2) is 5.38. The Morgan fingerprint density at radius 2 is 2.21 bits per heavy atom. The zero-order chi connectivity index (χ0) is 13.9. The van der Waals surface area contributed by atoms with Crippen molar-refractivity contribution < 1.29 is 17.9 Å². The number of nitrogens with one attached hydrogen (secondary N) is 1. The first kappa shape index (κ1) is 13.5. The molecular weight excluding hydrogens is 259 g/mol. The molecule has 2 rings (SSSR count). The van der Waals surface area contributed by atoms with E-state index in [2.05, 4.69) is 10.3 Å². The second-order valence-corrected chi connectivity index (χ2v) is 4.28. The zero-order valence-corrected chi connectivity index (χ0v) is 10.1.